The van der Waals surface area contributed by atoms with Gasteiger partial charge in [-0.3, -0.25) is 4.68 Å². The lowest BCUT2D eigenvalue weighted by molar-refractivity contribution is 0.316. The molecule has 0 aromatic carbocycles. The van der Waals surface area contributed by atoms with E-state index in [1.807, 2.05) is 6.20 Å². The van der Waals surface area contributed by atoms with Crippen LogP contribution in [0.25, 0.3) is 0 Å². The molecule has 3 heteroatoms. The molecule has 2 heterocycles. The number of nitrogens with zero attached hydrogens (tertiary/aromatic N) is 2. The van der Waals surface area contributed by atoms with Crippen molar-refractivity contribution in [1.82, 2.24) is 15.1 Å². The number of hydrogen-bond acceptors (Lipinski definition) is 2. The highest BCUT2D eigenvalue weighted by Crippen LogP contribution is 2.18. The van der Waals surface area contributed by atoms with Crippen molar-refractivity contribution in [2.24, 2.45) is 5.92 Å². The minimum absolute atomic E-state index is 0.705. The Balaban J connectivity index is 1.90. The molecule has 1 aliphatic heterocycles. The van der Waals surface area contributed by atoms with Gasteiger partial charge in [0.05, 0.1) is 0 Å². The molecule has 1 aromatic rings. The Kier molecular flexibility index (Phi) is 3.99. The molecule has 2 atom stereocenters. The van der Waals surface area contributed by atoms with Crippen molar-refractivity contribution >= 4 is 0 Å². The van der Waals surface area contributed by atoms with E-state index in [0.717, 1.165) is 18.9 Å². The van der Waals surface area contributed by atoms with Crippen molar-refractivity contribution in [2.45, 2.75) is 52.1 Å². The van der Waals surface area contributed by atoms with Gasteiger partial charge in [-0.05, 0) is 51.1 Å². The first-order valence-corrected chi connectivity index (χ1v) is 6.53. The fraction of sp³-hybridized carbons (Fsp3) is 0.769. The van der Waals surface area contributed by atoms with Crippen LogP contribution in [0.15, 0.2) is 12.3 Å². The quantitative estimate of drug-likeness (QED) is 0.845. The second kappa shape index (κ2) is 5.48. The van der Waals surface area contributed by atoms with Crippen LogP contribution in [0.5, 0.6) is 0 Å². The van der Waals surface area contributed by atoms with Gasteiger partial charge in [0, 0.05) is 24.5 Å². The summed E-state index contributed by atoms with van der Waals surface area (Å²) in [4.78, 5) is 0. The standard InChI is InChI=1S/C13H23N3/c1-3-8-16-13(6-7-15-16)9-12-5-4-11(2)14-10-12/h6-7,11-12,14H,3-5,8-10H2,1-2H3. The van der Waals surface area contributed by atoms with E-state index in [-0.39, 0.29) is 0 Å². The van der Waals surface area contributed by atoms with Crippen LogP contribution >= 0.6 is 0 Å². The first kappa shape index (κ1) is 11.6. The first-order valence-electron chi connectivity index (χ1n) is 6.53. The summed E-state index contributed by atoms with van der Waals surface area (Å²) in [5.41, 5.74) is 1.41. The zero-order valence-corrected chi connectivity index (χ0v) is 10.4. The highest BCUT2D eigenvalue weighted by atomic mass is 15.3. The summed E-state index contributed by atoms with van der Waals surface area (Å²) < 4.78 is 2.16. The maximum Gasteiger partial charge on any atom is 0.0492 e. The molecule has 16 heavy (non-hydrogen) atoms. The Labute approximate surface area is 98.2 Å². The molecule has 1 aromatic heterocycles. The highest BCUT2D eigenvalue weighted by molar-refractivity contribution is 5.02. The number of aromatic nitrogens is 2. The zero-order chi connectivity index (χ0) is 11.4. The van der Waals surface area contributed by atoms with Gasteiger partial charge in [-0.15, -0.1) is 0 Å². The van der Waals surface area contributed by atoms with E-state index < -0.39 is 0 Å². The topological polar surface area (TPSA) is 29.9 Å². The van der Waals surface area contributed by atoms with Gasteiger partial charge in [0.2, 0.25) is 0 Å². The molecule has 0 spiro atoms. The van der Waals surface area contributed by atoms with Gasteiger partial charge in [0.1, 0.15) is 0 Å². The van der Waals surface area contributed by atoms with E-state index in [1.165, 1.54) is 31.5 Å². The number of rotatable bonds is 4. The van der Waals surface area contributed by atoms with Crippen LogP contribution in [0.3, 0.4) is 0 Å². The van der Waals surface area contributed by atoms with Gasteiger partial charge in [-0.1, -0.05) is 6.92 Å². The van der Waals surface area contributed by atoms with Gasteiger partial charge in [-0.25, -0.2) is 0 Å². The third kappa shape index (κ3) is 2.85. The molecule has 0 bridgehead atoms. The van der Waals surface area contributed by atoms with Crippen molar-refractivity contribution in [3.63, 3.8) is 0 Å². The molecular weight excluding hydrogens is 198 g/mol. The SMILES string of the molecule is CCCn1nccc1CC1CCC(C)NC1. The van der Waals surface area contributed by atoms with Crippen molar-refractivity contribution in [3.8, 4) is 0 Å². The Bertz CT molecular complexity index is 311. The van der Waals surface area contributed by atoms with Crippen molar-refractivity contribution in [3.05, 3.63) is 18.0 Å². The van der Waals surface area contributed by atoms with Gasteiger partial charge >= 0.3 is 0 Å². The normalized spacial score (nSPS) is 25.9. The molecule has 2 unspecified atom stereocenters. The monoisotopic (exact) mass is 221 g/mol. The molecule has 1 aliphatic rings. The van der Waals surface area contributed by atoms with Crippen molar-refractivity contribution in [1.29, 1.82) is 0 Å². The minimum Gasteiger partial charge on any atom is -0.314 e. The van der Waals surface area contributed by atoms with Crippen LogP contribution < -0.4 is 5.32 Å². The molecule has 2 rings (SSSR count). The summed E-state index contributed by atoms with van der Waals surface area (Å²) in [5, 5.41) is 7.95. The fourth-order valence-electron chi connectivity index (χ4n) is 2.47. The predicted molar refractivity (Wildman–Crippen MR) is 66.4 cm³/mol. The molecule has 3 nitrogen and oxygen atoms in total. The second-order valence-electron chi connectivity index (χ2n) is 5.00. The number of nitrogens with one attached hydrogen (secondary N) is 1. The first-order chi connectivity index (χ1) is 7.79. The van der Waals surface area contributed by atoms with Crippen molar-refractivity contribution < 1.29 is 0 Å². The van der Waals surface area contributed by atoms with Crippen molar-refractivity contribution in [2.75, 3.05) is 6.54 Å². The van der Waals surface area contributed by atoms with E-state index in [2.05, 4.69) is 35.0 Å². The summed E-state index contributed by atoms with van der Waals surface area (Å²) >= 11 is 0. The largest absolute Gasteiger partial charge is 0.314 e. The molecule has 0 saturated carbocycles. The van der Waals surface area contributed by atoms with Crippen LogP contribution in [-0.4, -0.2) is 22.4 Å². The molecule has 0 aliphatic carbocycles. The predicted octanol–water partition coefficient (Wildman–Crippen LogP) is 2.22. The summed E-state index contributed by atoms with van der Waals surface area (Å²) in [6.07, 6.45) is 6.94. The van der Waals surface area contributed by atoms with E-state index in [9.17, 15) is 0 Å². The lowest BCUT2D eigenvalue weighted by Gasteiger charge is -2.27. The third-order valence-electron chi connectivity index (χ3n) is 3.50. The molecule has 90 valence electrons. The fourth-order valence-corrected chi connectivity index (χ4v) is 2.47. The van der Waals surface area contributed by atoms with E-state index in [0.29, 0.717) is 6.04 Å². The number of aryl methyl sites for hydroxylation is 1. The van der Waals surface area contributed by atoms with Crippen LogP contribution in [0.4, 0.5) is 0 Å². The average molecular weight is 221 g/mol. The molecule has 1 saturated heterocycles. The summed E-state index contributed by atoms with van der Waals surface area (Å²) in [5.74, 6) is 0.795. The Morgan fingerprint density at radius 1 is 1.50 bits per heavy atom. The van der Waals surface area contributed by atoms with E-state index in [1.54, 1.807) is 0 Å². The summed E-state index contributed by atoms with van der Waals surface area (Å²) in [6.45, 7) is 6.70. The summed E-state index contributed by atoms with van der Waals surface area (Å²) in [6, 6.07) is 2.88. The Morgan fingerprint density at radius 3 is 3.06 bits per heavy atom. The van der Waals surface area contributed by atoms with Crippen LogP contribution in [0.1, 0.15) is 38.8 Å². The van der Waals surface area contributed by atoms with Gasteiger partial charge in [0.25, 0.3) is 0 Å². The summed E-state index contributed by atoms with van der Waals surface area (Å²) in [7, 11) is 0. The van der Waals surface area contributed by atoms with Crippen LogP contribution in [0, 0.1) is 5.92 Å². The van der Waals surface area contributed by atoms with E-state index >= 15 is 0 Å². The van der Waals surface area contributed by atoms with Gasteiger partial charge in [-0.2, -0.15) is 5.10 Å². The van der Waals surface area contributed by atoms with E-state index in [4.69, 9.17) is 0 Å². The lowest BCUT2D eigenvalue weighted by atomic mass is 9.91. The Hall–Kier alpha value is -0.830. The molecule has 0 amide bonds. The maximum atomic E-state index is 4.38. The second-order valence-corrected chi connectivity index (χ2v) is 5.00. The molecule has 1 N–H and O–H groups in total. The maximum absolute atomic E-state index is 4.38. The number of piperidine rings is 1. The van der Waals surface area contributed by atoms with Crippen LogP contribution in [0.2, 0.25) is 0 Å². The van der Waals surface area contributed by atoms with Crippen LogP contribution in [-0.2, 0) is 13.0 Å². The zero-order valence-electron chi connectivity index (χ0n) is 10.4. The smallest absolute Gasteiger partial charge is 0.0492 e. The third-order valence-corrected chi connectivity index (χ3v) is 3.50. The average Bonchev–Trinajstić information content (AvgIpc) is 2.70. The number of hydrogen-bond donors (Lipinski definition) is 1. The van der Waals surface area contributed by atoms with Gasteiger partial charge in [0.15, 0.2) is 0 Å². The highest BCUT2D eigenvalue weighted by Gasteiger charge is 2.18. The van der Waals surface area contributed by atoms with Gasteiger partial charge < -0.3 is 5.32 Å². The molecular formula is C13H23N3. The lowest BCUT2D eigenvalue weighted by Crippen LogP contribution is -2.37. The molecule has 1 fully saturated rings. The minimum atomic E-state index is 0.705. The molecule has 0 radical (unpaired) electrons. The Morgan fingerprint density at radius 2 is 2.38 bits per heavy atom.